The van der Waals surface area contributed by atoms with Crippen molar-refractivity contribution in [2.75, 3.05) is 0 Å². The van der Waals surface area contributed by atoms with E-state index in [1.807, 2.05) is 0 Å². The minimum atomic E-state index is 0.451. The second-order valence-electron chi connectivity index (χ2n) is 1.98. The minimum absolute atomic E-state index is 0.451. The Morgan fingerprint density at radius 1 is 1.88 bits per heavy atom. The molecule has 3 N–H and O–H groups in total. The summed E-state index contributed by atoms with van der Waals surface area (Å²) >= 11 is 0. The van der Waals surface area contributed by atoms with Gasteiger partial charge >= 0.3 is 0 Å². The zero-order valence-electron chi connectivity index (χ0n) is 5.57. The Morgan fingerprint density at radius 2 is 2.38 bits per heavy atom. The van der Waals surface area contributed by atoms with Crippen LogP contribution in [0.1, 0.15) is 20.3 Å². The molecule has 0 saturated carbocycles. The highest BCUT2D eigenvalue weighted by Crippen LogP contribution is 1.87. The zero-order chi connectivity index (χ0) is 6.57. The Hall–Kier alpha value is -0.660. The summed E-state index contributed by atoms with van der Waals surface area (Å²) in [6.07, 6.45) is 1.08. The number of hydrogen-bond acceptors (Lipinski definition) is 2. The van der Waals surface area contributed by atoms with Crippen LogP contribution in [0.15, 0.2) is 12.4 Å². The molecule has 0 rings (SSSR count). The highest BCUT2D eigenvalue weighted by molar-refractivity contribution is 4.84. The largest absolute Gasteiger partial charge is 0.386 e. The average Bonchev–Trinajstić information content (AvgIpc) is 1.65. The van der Waals surface area contributed by atoms with Crippen LogP contribution in [0.2, 0.25) is 0 Å². The molecule has 0 bridgehead atoms. The number of nitrogens with one attached hydrogen (secondary N) is 1. The van der Waals surface area contributed by atoms with Crippen molar-refractivity contribution in [3.05, 3.63) is 12.4 Å². The fourth-order valence-corrected chi connectivity index (χ4v) is 0.419. The van der Waals surface area contributed by atoms with Crippen LogP contribution in [-0.4, -0.2) is 6.04 Å². The maximum Gasteiger partial charge on any atom is 0.0887 e. The Kier molecular flexibility index (Phi) is 3.08. The molecule has 1 unspecified atom stereocenters. The summed E-state index contributed by atoms with van der Waals surface area (Å²) in [6, 6.07) is 0.451. The van der Waals surface area contributed by atoms with Crippen molar-refractivity contribution in [1.82, 2.24) is 5.32 Å². The molecule has 1 atom stereocenters. The van der Waals surface area contributed by atoms with E-state index in [-0.39, 0.29) is 0 Å². The summed E-state index contributed by atoms with van der Waals surface area (Å²) in [6.45, 7) is 7.68. The molecule has 2 heteroatoms. The molecule has 0 aromatic rings. The van der Waals surface area contributed by atoms with Gasteiger partial charge in [-0.1, -0.05) is 13.5 Å². The number of hydrogen-bond donors (Lipinski definition) is 2. The first-order valence-corrected chi connectivity index (χ1v) is 2.87. The third kappa shape index (κ3) is 3.53. The first kappa shape index (κ1) is 7.34. The third-order valence-electron chi connectivity index (χ3n) is 1.04. The highest BCUT2D eigenvalue weighted by atomic mass is 15.0. The number of rotatable bonds is 3. The van der Waals surface area contributed by atoms with Crippen molar-refractivity contribution in [1.29, 1.82) is 0 Å². The minimum Gasteiger partial charge on any atom is -0.386 e. The monoisotopic (exact) mass is 114 g/mol. The molecule has 0 aromatic carbocycles. The van der Waals surface area contributed by atoms with Crippen molar-refractivity contribution < 1.29 is 0 Å². The molecule has 0 fully saturated rings. The zero-order valence-corrected chi connectivity index (χ0v) is 5.57. The quantitative estimate of drug-likeness (QED) is 0.569. The molecule has 0 saturated heterocycles. The Labute approximate surface area is 50.8 Å². The van der Waals surface area contributed by atoms with E-state index in [9.17, 15) is 0 Å². The molecule has 0 amide bonds. The fourth-order valence-electron chi connectivity index (χ4n) is 0.419. The van der Waals surface area contributed by atoms with E-state index >= 15 is 0 Å². The van der Waals surface area contributed by atoms with Crippen molar-refractivity contribution in [2.45, 2.75) is 26.3 Å². The topological polar surface area (TPSA) is 38.0 Å². The molecular formula is C6H14N2. The van der Waals surface area contributed by atoms with Gasteiger partial charge in [-0.3, -0.25) is 0 Å². The Bertz CT molecular complexity index is 78.6. The fraction of sp³-hybridized carbons (Fsp3) is 0.667. The van der Waals surface area contributed by atoms with Gasteiger partial charge < -0.3 is 11.1 Å². The van der Waals surface area contributed by atoms with Crippen molar-refractivity contribution in [3.63, 3.8) is 0 Å². The van der Waals surface area contributed by atoms with Gasteiger partial charge in [-0.25, -0.2) is 0 Å². The van der Waals surface area contributed by atoms with E-state index in [4.69, 9.17) is 5.73 Å². The third-order valence-corrected chi connectivity index (χ3v) is 1.04. The first-order valence-electron chi connectivity index (χ1n) is 2.87. The van der Waals surface area contributed by atoms with Gasteiger partial charge in [0.05, 0.1) is 5.82 Å². The maximum atomic E-state index is 5.26. The molecule has 0 spiro atoms. The van der Waals surface area contributed by atoms with Crippen molar-refractivity contribution in [2.24, 2.45) is 5.73 Å². The van der Waals surface area contributed by atoms with Gasteiger partial charge in [0.1, 0.15) is 0 Å². The van der Waals surface area contributed by atoms with E-state index in [1.165, 1.54) is 0 Å². The molecule has 0 aliphatic heterocycles. The lowest BCUT2D eigenvalue weighted by molar-refractivity contribution is 0.593. The van der Waals surface area contributed by atoms with Gasteiger partial charge in [0.2, 0.25) is 0 Å². The van der Waals surface area contributed by atoms with Gasteiger partial charge in [0, 0.05) is 6.04 Å². The maximum absolute atomic E-state index is 5.26. The molecule has 0 aliphatic carbocycles. The lowest BCUT2D eigenvalue weighted by Crippen LogP contribution is -2.27. The smallest absolute Gasteiger partial charge is 0.0887 e. The summed E-state index contributed by atoms with van der Waals surface area (Å²) in [4.78, 5) is 0. The van der Waals surface area contributed by atoms with E-state index in [0.29, 0.717) is 11.9 Å². The summed E-state index contributed by atoms with van der Waals surface area (Å²) in [5.41, 5.74) is 5.26. The van der Waals surface area contributed by atoms with Gasteiger partial charge in [-0.05, 0) is 13.3 Å². The van der Waals surface area contributed by atoms with E-state index < -0.39 is 0 Å². The SMILES string of the molecule is C=C(N)NC(C)CC. The van der Waals surface area contributed by atoms with Crippen molar-refractivity contribution >= 4 is 0 Å². The Morgan fingerprint density at radius 3 is 2.50 bits per heavy atom. The molecule has 2 nitrogen and oxygen atoms in total. The molecule has 48 valence electrons. The second-order valence-corrected chi connectivity index (χ2v) is 1.98. The van der Waals surface area contributed by atoms with E-state index in [0.717, 1.165) is 6.42 Å². The van der Waals surface area contributed by atoms with Gasteiger partial charge in [-0.15, -0.1) is 0 Å². The standard InChI is InChI=1S/C6H14N2/c1-4-5(2)8-6(3)7/h5,8H,3-4,7H2,1-2H3. The molecule has 0 heterocycles. The van der Waals surface area contributed by atoms with Crippen LogP contribution in [0.5, 0.6) is 0 Å². The molecule has 8 heavy (non-hydrogen) atoms. The summed E-state index contributed by atoms with van der Waals surface area (Å²) in [5.74, 6) is 0.555. The van der Waals surface area contributed by atoms with E-state index in [2.05, 4.69) is 25.7 Å². The van der Waals surface area contributed by atoms with Crippen LogP contribution in [-0.2, 0) is 0 Å². The van der Waals surface area contributed by atoms with Crippen LogP contribution in [0, 0.1) is 0 Å². The van der Waals surface area contributed by atoms with Gasteiger partial charge in [0.15, 0.2) is 0 Å². The second kappa shape index (κ2) is 3.36. The molecule has 0 radical (unpaired) electrons. The van der Waals surface area contributed by atoms with Crippen LogP contribution < -0.4 is 11.1 Å². The van der Waals surface area contributed by atoms with Crippen LogP contribution in [0.3, 0.4) is 0 Å². The predicted molar refractivity (Wildman–Crippen MR) is 36.2 cm³/mol. The number of nitrogens with two attached hydrogens (primary N) is 1. The van der Waals surface area contributed by atoms with Gasteiger partial charge in [-0.2, -0.15) is 0 Å². The van der Waals surface area contributed by atoms with Crippen LogP contribution >= 0.6 is 0 Å². The lowest BCUT2D eigenvalue weighted by Gasteiger charge is -2.10. The molecule has 0 aliphatic rings. The molecule has 0 aromatic heterocycles. The summed E-state index contributed by atoms with van der Waals surface area (Å²) in [5, 5.41) is 2.98. The van der Waals surface area contributed by atoms with Crippen LogP contribution in [0.4, 0.5) is 0 Å². The highest BCUT2D eigenvalue weighted by Gasteiger charge is 1.93. The summed E-state index contributed by atoms with van der Waals surface area (Å²) in [7, 11) is 0. The van der Waals surface area contributed by atoms with Crippen molar-refractivity contribution in [3.8, 4) is 0 Å². The Balaban J connectivity index is 3.24. The normalized spacial score (nSPS) is 12.8. The lowest BCUT2D eigenvalue weighted by atomic mass is 10.3. The van der Waals surface area contributed by atoms with Gasteiger partial charge in [0.25, 0.3) is 0 Å². The summed E-state index contributed by atoms with van der Waals surface area (Å²) < 4.78 is 0. The molecular weight excluding hydrogens is 100 g/mol. The van der Waals surface area contributed by atoms with Crippen LogP contribution in [0.25, 0.3) is 0 Å². The van der Waals surface area contributed by atoms with E-state index in [1.54, 1.807) is 0 Å². The average molecular weight is 114 g/mol. The predicted octanol–water partition coefficient (Wildman–Crippen LogP) is 0.804. The first-order chi connectivity index (χ1) is 3.66.